The molecule has 12 fully saturated rings. The summed E-state index contributed by atoms with van der Waals surface area (Å²) in [7, 11) is 10.5. The molecule has 9 unspecified atom stereocenters. The van der Waals surface area contributed by atoms with E-state index in [1.807, 2.05) is 46.8 Å². The summed E-state index contributed by atoms with van der Waals surface area (Å²) in [4.78, 5) is 77.4. The molecular weight excluding hydrogens is 2370 g/mol. The first-order chi connectivity index (χ1) is 67.1. The number of aromatic hydroxyl groups is 2. The van der Waals surface area contributed by atoms with Gasteiger partial charge in [0.2, 0.25) is 0 Å². The molecule has 13 aliphatic rings. The standard InChI is InChI=1S/C22H30BClO4.C21H28BClO4.C11H18BO2.C10H10BClO5.C10H10BrClO2.C8H6BrClO4.C8H7BrO4.C4H11BO2.C2H4O2.BrH.Cl2O2S.Zn/c1-12-14(9-16(24)20(26-6)19(12)13(2)25)7-8-23-27-18-11-15-10-17(21(15,3)4)22(18,5)28-23;1-11-13(7-15(23)19(25-6)18(11)12(2)24)10-22-26-17-9-14-8-16(20(14,3)4)21(17,5)27-22;1-10(2)7-5-8(10)11(3)9(6-7)13-12(4)14-11;1-16-9-6(12)4-5-2-3-11(15)17-8(5)7(9)10(13)14;1-5-7(11)4-8(12)10(14-3)9(5)6(2)13;1-14-7-4(10)2-3(9)6(11)5(7)8(12)13;1-13-5-3-2-4(9)7(10)6(5)8(11)12;1-4(2)3-5(6)7;1-2(3)4;;1-5(2,3)4;/h9,15,17-18H,7-8,10-11H2,1-6H3;7,14,16-17H,8-10H2,1-6H3;7-9H,4-6H2,1-3H3;4,15H,2-3H2,1H3,(H,13,14);4H,1-3H3;2,11H,1H3,(H,12,13);2-3,10H,1H3,(H,11,12);4,6-7H,3H2,1-2H3;1H3,(H,3,4);1H;;/q;;-1;;;;;;;;;+2/p-1/t15?,17?,18?,22-;14?,16?,17?,21-;7?,8?,9?,11-;;;;;;;;;/m000........./s1. The van der Waals surface area contributed by atoms with Gasteiger partial charge in [0.1, 0.15) is 56.9 Å². The van der Waals surface area contributed by atoms with Gasteiger partial charge in [0, 0.05) is 39.1 Å². The molecule has 12 atom stereocenters. The summed E-state index contributed by atoms with van der Waals surface area (Å²) in [6.07, 6.45) is 11.3. The SMILES string of the molecule is CC(=O)O.CC(C)CB(O)O.COc1c(Cl)cc(Br)c(C)c1C(C)=O.COc1c(Cl)cc(Br)c(O)c1C(=O)O.COc1c(Cl)cc(CB2OC3CC4CC(C4(C)C)[C@]3(C)O2)c(C)c1C(C)=O.COc1c(Cl)cc(CCB2OC3CC4CC(C4(C)C)[C@]3(C)O2)c(C)c1C(C)=O.COc1c(Cl)cc2c(c1C(=O)O)OB(O)CC2.COc1ccc(Br)c(O)c1C(=O)O.O=S(=O)(Cl)Cl.[CH2-]B1OC2CC3CC(C3(C)C)[C@]2(C)O1.[Zn+][Br]. The number of fused-ring (bicyclic) bond motifs is 1. The normalized spacial score (nSPS) is 23.3. The van der Waals surface area contributed by atoms with Crippen LogP contribution >= 0.6 is 141 Å². The van der Waals surface area contributed by atoms with Crippen molar-refractivity contribution in [2.75, 3.05) is 42.7 Å². The third-order valence-electron chi connectivity index (χ3n) is 28.7. The van der Waals surface area contributed by atoms with Crippen molar-refractivity contribution in [2.45, 2.75) is 236 Å². The molecule has 6 bridgehead atoms. The van der Waals surface area contributed by atoms with Crippen LogP contribution < -0.4 is 33.1 Å². The van der Waals surface area contributed by atoms with Crippen molar-refractivity contribution >= 4 is 226 Å². The summed E-state index contributed by atoms with van der Waals surface area (Å²) in [5.41, 5.74) is 6.91. The molecule has 31 nitrogen and oxygen atoms in total. The molecule has 9 saturated carbocycles. The average Bonchev–Trinajstić information content (AvgIpc) is 1.62. The molecule has 9 N–H and O–H groups in total. The number of ether oxygens (including phenoxy) is 6. The zero-order valence-corrected chi connectivity index (χ0v) is 101. The third-order valence-corrected chi connectivity index (χ3v) is 32.2. The Morgan fingerprint density at radius 1 is 0.503 bits per heavy atom. The third kappa shape index (κ3) is 30.3. The number of hydrogen-bond acceptors (Lipinski definition) is 27. The van der Waals surface area contributed by atoms with E-state index < -0.39 is 52.1 Å². The van der Waals surface area contributed by atoms with Crippen LogP contribution in [-0.2, 0) is 76.5 Å². The van der Waals surface area contributed by atoms with Crippen LogP contribution in [0.15, 0.2) is 55.9 Å². The number of aliphatic carboxylic acids is 1. The van der Waals surface area contributed by atoms with E-state index >= 15 is 0 Å². The number of ketones is 3. The van der Waals surface area contributed by atoms with Gasteiger partial charge in [-0.05, 0) is 298 Å². The number of aryl methyl sites for hydroxylation is 2. The summed E-state index contributed by atoms with van der Waals surface area (Å²) in [6.45, 7) is 40.0. The Bertz CT molecular complexity index is 5730. The van der Waals surface area contributed by atoms with Crippen LogP contribution in [0.4, 0.5) is 0 Å². The van der Waals surface area contributed by atoms with Crippen molar-refractivity contribution in [3.05, 3.63) is 155 Å². The second kappa shape index (κ2) is 53.6. The maximum atomic E-state index is 12.2. The fourth-order valence-electron chi connectivity index (χ4n) is 21.3. The number of rotatable bonds is 19. The predicted molar refractivity (Wildman–Crippen MR) is 572 cm³/mol. The van der Waals surface area contributed by atoms with E-state index in [-0.39, 0.29) is 128 Å². The molecule has 0 radical (unpaired) electrons. The van der Waals surface area contributed by atoms with Gasteiger partial charge >= 0.3 is 84.6 Å². The number of carbonyl (C=O) groups excluding carboxylic acids is 3. The first-order valence-corrected chi connectivity index (χ1v) is 60.2. The van der Waals surface area contributed by atoms with Crippen molar-refractivity contribution in [2.24, 2.45) is 57.7 Å². The molecule has 0 aromatic heterocycles. The monoisotopic (exact) mass is 2480 g/mol. The van der Waals surface area contributed by atoms with Crippen LogP contribution in [-0.4, -0.2) is 209 Å². The van der Waals surface area contributed by atoms with E-state index in [2.05, 4.69) is 152 Å². The number of benzene rings is 6. The number of aromatic carboxylic acids is 3. The molecule has 19 rings (SSSR count). The first kappa shape index (κ1) is 129. The fourth-order valence-corrected chi connectivity index (χ4v) is 24.2. The molecule has 49 heteroatoms. The van der Waals surface area contributed by atoms with Gasteiger partial charge < -0.3 is 114 Å². The number of carbonyl (C=O) groups is 7. The predicted octanol–water partition coefficient (Wildman–Crippen LogP) is 23.1. The van der Waals surface area contributed by atoms with Crippen LogP contribution in [0.5, 0.6) is 51.7 Å². The summed E-state index contributed by atoms with van der Waals surface area (Å²) >= 11 is 44.0. The van der Waals surface area contributed by atoms with Crippen molar-refractivity contribution < 1.29 is 165 Å². The van der Waals surface area contributed by atoms with E-state index in [9.17, 15) is 44.0 Å². The van der Waals surface area contributed by atoms with Gasteiger partial charge in [-0.1, -0.05) is 129 Å². The molecule has 794 valence electrons. The number of carboxylic acid groups (broad SMARTS) is 4. The quantitative estimate of drug-likeness (QED) is 0.0157. The summed E-state index contributed by atoms with van der Waals surface area (Å²) in [6, 6.07) is 11.5. The zero-order valence-electron chi connectivity index (χ0n) is 85.2. The van der Waals surface area contributed by atoms with Gasteiger partial charge in [-0.25, -0.2) is 14.4 Å². The van der Waals surface area contributed by atoms with E-state index in [4.69, 9.17) is 163 Å². The van der Waals surface area contributed by atoms with Gasteiger partial charge in [-0.2, -0.15) is 8.42 Å². The van der Waals surface area contributed by atoms with Crippen molar-refractivity contribution in [1.82, 2.24) is 0 Å². The molecule has 0 amide bonds. The molecule has 3 saturated heterocycles. The Labute approximate surface area is 925 Å². The van der Waals surface area contributed by atoms with Crippen LogP contribution in [0, 0.1) is 85.3 Å². The van der Waals surface area contributed by atoms with E-state index in [0.717, 1.165) is 89.0 Å². The van der Waals surface area contributed by atoms with Crippen molar-refractivity contribution in [1.29, 1.82) is 0 Å². The maximum absolute atomic E-state index is 12.2. The second-order valence-electron chi connectivity index (χ2n) is 38.9. The van der Waals surface area contributed by atoms with Gasteiger partial charge in [0.15, 0.2) is 28.8 Å². The van der Waals surface area contributed by atoms with Crippen LogP contribution in [0.3, 0.4) is 0 Å². The molecule has 4 aliphatic heterocycles. The number of Topliss-reactive ketones (excluding diaryl/α,β-unsaturated/α-hetero) is 3. The second-order valence-corrected chi connectivity index (χ2v) is 47.2. The minimum absolute atomic E-state index is 0.0352. The summed E-state index contributed by atoms with van der Waals surface area (Å²) in [5, 5.41) is 80.6. The van der Waals surface area contributed by atoms with Crippen molar-refractivity contribution in [3.8, 4) is 51.7 Å². The Kier molecular flexibility index (Phi) is 47.6. The Morgan fingerprint density at radius 2 is 0.848 bits per heavy atom. The first-order valence-electron chi connectivity index (χ1n) is 45.9. The average molecular weight is 2490 g/mol. The Morgan fingerprint density at radius 3 is 1.23 bits per heavy atom. The Balaban J connectivity index is 0.000000256. The van der Waals surface area contributed by atoms with Crippen LogP contribution in [0.25, 0.3) is 0 Å². The number of phenols is 2. The molecule has 6 aromatic carbocycles. The summed E-state index contributed by atoms with van der Waals surface area (Å²) in [5.74, 6) is 0.622. The fraction of sp³-hybridized carbons (Fsp3) is 0.542. The van der Waals surface area contributed by atoms with Crippen LogP contribution in [0.1, 0.15) is 238 Å². The van der Waals surface area contributed by atoms with Crippen molar-refractivity contribution in [3.63, 3.8) is 0 Å². The van der Waals surface area contributed by atoms with Gasteiger partial charge in [0.25, 0.3) is 13.1 Å². The molecular formula is C96H124B5Br4Cl7O31SZn. The van der Waals surface area contributed by atoms with Gasteiger partial charge in [0.05, 0.1) is 129 Å². The number of carboxylic acids is 4. The molecule has 4 heterocycles. The van der Waals surface area contributed by atoms with E-state index in [1.54, 1.807) is 33.1 Å². The molecule has 9 aliphatic carbocycles. The molecule has 145 heavy (non-hydrogen) atoms. The topological polar surface area (TPSA) is 456 Å². The van der Waals surface area contributed by atoms with E-state index in [0.29, 0.717) is 130 Å². The minimum atomic E-state index is -3.72. The molecule has 0 spiro atoms. The zero-order chi connectivity index (χ0) is 111. The van der Waals surface area contributed by atoms with Crippen LogP contribution in [0.2, 0.25) is 44.1 Å². The number of halogens is 11. The summed E-state index contributed by atoms with van der Waals surface area (Å²) < 4.78 is 92.5. The molecule has 6 aromatic rings. The van der Waals surface area contributed by atoms with Gasteiger partial charge in [-0.3, -0.25) is 19.2 Å². The Hall–Kier alpha value is -5.10. The number of methoxy groups -OCH3 is 6. The number of hydrogen-bond donors (Lipinski definition) is 9. The van der Waals surface area contributed by atoms with Gasteiger partial charge in [-0.15, -0.1) is 0 Å². The van der Waals surface area contributed by atoms with E-state index in [1.165, 1.54) is 96.3 Å².